The summed E-state index contributed by atoms with van der Waals surface area (Å²) in [6.07, 6.45) is -8.50. The molecule has 0 fully saturated rings. The molecular formula is C8H10F7O. The van der Waals surface area contributed by atoms with Crippen LogP contribution in [0, 0.1) is 0 Å². The van der Waals surface area contributed by atoms with Gasteiger partial charge in [0, 0.05) is 6.42 Å². The summed E-state index contributed by atoms with van der Waals surface area (Å²) < 4.78 is 84.6. The summed E-state index contributed by atoms with van der Waals surface area (Å²) in [5.41, 5.74) is 0. The summed E-state index contributed by atoms with van der Waals surface area (Å²) in [6.45, 7) is -0.568. The minimum absolute atomic E-state index is 0.0202. The Morgan fingerprint density at radius 2 is 1.25 bits per heavy atom. The van der Waals surface area contributed by atoms with Gasteiger partial charge in [0.1, 0.15) is 0 Å². The second kappa shape index (κ2) is 5.20. The zero-order valence-corrected chi connectivity index (χ0v) is 8.09. The predicted molar refractivity (Wildman–Crippen MR) is 40.0 cm³/mol. The first-order chi connectivity index (χ1) is 7.06. The normalized spacial score (nSPS) is 14.2. The molecular weight excluding hydrogens is 245 g/mol. The van der Waals surface area contributed by atoms with Crippen molar-refractivity contribution in [2.75, 3.05) is 6.61 Å². The number of hydrogen-bond donors (Lipinski definition) is 0. The lowest BCUT2D eigenvalue weighted by molar-refractivity contribution is -0.355. The lowest BCUT2D eigenvalue weighted by Gasteiger charge is -2.28. The van der Waals surface area contributed by atoms with Gasteiger partial charge in [0.2, 0.25) is 0 Å². The van der Waals surface area contributed by atoms with E-state index >= 15 is 0 Å². The van der Waals surface area contributed by atoms with Crippen LogP contribution in [0.25, 0.3) is 0 Å². The third-order valence-electron chi connectivity index (χ3n) is 1.95. The molecule has 0 atom stereocenters. The minimum atomic E-state index is -6.27. The Kier molecular flexibility index (Phi) is 5.03. The van der Waals surface area contributed by atoms with Gasteiger partial charge in [0.15, 0.2) is 0 Å². The molecule has 1 nitrogen and oxygen atoms in total. The van der Waals surface area contributed by atoms with Crippen LogP contribution < -0.4 is 0 Å². The molecule has 0 aromatic carbocycles. The summed E-state index contributed by atoms with van der Waals surface area (Å²) in [7, 11) is 0. The van der Waals surface area contributed by atoms with E-state index in [4.69, 9.17) is 0 Å². The van der Waals surface area contributed by atoms with Gasteiger partial charge in [-0.1, -0.05) is 6.42 Å². The standard InChI is InChI=1S/C8H10F7O/c9-6(10,4-2-1-3-5-16)7(11,12)8(13,14)15/h1-5H2. The van der Waals surface area contributed by atoms with E-state index in [1.807, 2.05) is 0 Å². The molecule has 97 valence electrons. The maximum atomic E-state index is 12.6. The zero-order chi connectivity index (χ0) is 13.0. The molecule has 0 bridgehead atoms. The molecule has 0 rings (SSSR count). The lowest BCUT2D eigenvalue weighted by Crippen LogP contribution is -2.51. The molecule has 0 aliphatic carbocycles. The van der Waals surface area contributed by atoms with Crippen molar-refractivity contribution in [3.63, 3.8) is 0 Å². The number of alkyl halides is 7. The highest BCUT2D eigenvalue weighted by Crippen LogP contribution is 2.48. The largest absolute Gasteiger partial charge is 0.459 e. The van der Waals surface area contributed by atoms with E-state index in [-0.39, 0.29) is 12.8 Å². The molecule has 0 aromatic rings. The van der Waals surface area contributed by atoms with Crippen molar-refractivity contribution in [2.24, 2.45) is 0 Å². The highest BCUT2D eigenvalue weighted by Gasteiger charge is 2.72. The first kappa shape index (κ1) is 15.5. The van der Waals surface area contributed by atoms with Crippen LogP contribution in [-0.2, 0) is 5.11 Å². The molecule has 0 aliphatic rings. The molecule has 1 radical (unpaired) electrons. The van der Waals surface area contributed by atoms with Crippen molar-refractivity contribution in [3.05, 3.63) is 0 Å². The topological polar surface area (TPSA) is 19.9 Å². The summed E-state index contributed by atoms with van der Waals surface area (Å²) in [4.78, 5) is 0. The number of hydrogen-bond acceptors (Lipinski definition) is 0. The molecule has 8 heteroatoms. The molecule has 0 aliphatic heterocycles. The SMILES string of the molecule is [O]CCCCCC(F)(F)C(F)(F)C(F)(F)F. The van der Waals surface area contributed by atoms with Crippen molar-refractivity contribution in [1.29, 1.82) is 0 Å². The third kappa shape index (κ3) is 3.50. The van der Waals surface area contributed by atoms with Crippen LogP contribution in [0.4, 0.5) is 30.7 Å². The summed E-state index contributed by atoms with van der Waals surface area (Å²) in [5, 5.41) is 9.89. The number of halogens is 7. The number of rotatable bonds is 6. The Labute approximate surface area is 87.2 Å². The Morgan fingerprint density at radius 1 is 0.750 bits per heavy atom. The van der Waals surface area contributed by atoms with Crippen molar-refractivity contribution in [2.45, 2.75) is 43.7 Å². The average Bonchev–Trinajstić information content (AvgIpc) is 2.10. The molecule has 0 N–H and O–H groups in total. The van der Waals surface area contributed by atoms with Crippen LogP contribution in [0.15, 0.2) is 0 Å². The zero-order valence-electron chi connectivity index (χ0n) is 8.09. The Balaban J connectivity index is 4.41. The first-order valence-electron chi connectivity index (χ1n) is 4.47. The van der Waals surface area contributed by atoms with Crippen molar-refractivity contribution < 1.29 is 35.8 Å². The van der Waals surface area contributed by atoms with Gasteiger partial charge >= 0.3 is 18.0 Å². The fraction of sp³-hybridized carbons (Fsp3) is 1.00. The second-order valence-corrected chi connectivity index (χ2v) is 3.29. The molecule has 0 aromatic heterocycles. The molecule has 0 unspecified atom stereocenters. The van der Waals surface area contributed by atoms with E-state index in [9.17, 15) is 35.8 Å². The fourth-order valence-electron chi connectivity index (χ4n) is 0.990. The van der Waals surface area contributed by atoms with Crippen molar-refractivity contribution in [3.8, 4) is 0 Å². The van der Waals surface area contributed by atoms with E-state index in [2.05, 4.69) is 0 Å². The van der Waals surface area contributed by atoms with Gasteiger partial charge in [-0.3, -0.25) is 0 Å². The van der Waals surface area contributed by atoms with E-state index in [0.717, 1.165) is 0 Å². The molecule has 16 heavy (non-hydrogen) atoms. The van der Waals surface area contributed by atoms with Gasteiger partial charge < -0.3 is 0 Å². The Morgan fingerprint density at radius 3 is 1.62 bits per heavy atom. The Hall–Kier alpha value is -0.530. The van der Waals surface area contributed by atoms with Crippen LogP contribution in [-0.4, -0.2) is 24.6 Å². The van der Waals surface area contributed by atoms with E-state index in [1.54, 1.807) is 0 Å². The summed E-state index contributed by atoms with van der Waals surface area (Å²) >= 11 is 0. The Bertz CT molecular complexity index is 211. The second-order valence-electron chi connectivity index (χ2n) is 3.29. The quantitative estimate of drug-likeness (QED) is 0.508. The minimum Gasteiger partial charge on any atom is -0.237 e. The average molecular weight is 255 g/mol. The molecule has 0 amide bonds. The molecule has 0 heterocycles. The highest BCUT2D eigenvalue weighted by atomic mass is 19.4. The summed E-state index contributed by atoms with van der Waals surface area (Å²) in [6, 6.07) is 0. The fourth-order valence-corrected chi connectivity index (χ4v) is 0.990. The monoisotopic (exact) mass is 255 g/mol. The molecule has 0 saturated carbocycles. The van der Waals surface area contributed by atoms with Crippen molar-refractivity contribution >= 4 is 0 Å². The molecule has 0 saturated heterocycles. The highest BCUT2D eigenvalue weighted by molar-refractivity contribution is 4.90. The number of unbranched alkanes of at least 4 members (excludes halogenated alkanes) is 2. The predicted octanol–water partition coefficient (Wildman–Crippen LogP) is 3.81. The maximum Gasteiger partial charge on any atom is 0.459 e. The van der Waals surface area contributed by atoms with Gasteiger partial charge in [-0.05, 0) is 12.8 Å². The van der Waals surface area contributed by atoms with E-state index < -0.39 is 37.5 Å². The molecule has 0 spiro atoms. The van der Waals surface area contributed by atoms with Crippen LogP contribution in [0.1, 0.15) is 25.7 Å². The van der Waals surface area contributed by atoms with Crippen molar-refractivity contribution in [1.82, 2.24) is 0 Å². The van der Waals surface area contributed by atoms with E-state index in [0.29, 0.717) is 0 Å². The van der Waals surface area contributed by atoms with Crippen LogP contribution >= 0.6 is 0 Å². The van der Waals surface area contributed by atoms with E-state index in [1.165, 1.54) is 0 Å². The summed E-state index contributed by atoms with van der Waals surface area (Å²) in [5.74, 6) is -11.2. The third-order valence-corrected chi connectivity index (χ3v) is 1.95. The van der Waals surface area contributed by atoms with Gasteiger partial charge in [0.25, 0.3) is 0 Å². The van der Waals surface area contributed by atoms with Crippen LogP contribution in [0.3, 0.4) is 0 Å². The van der Waals surface area contributed by atoms with Crippen LogP contribution in [0.5, 0.6) is 0 Å². The lowest BCUT2D eigenvalue weighted by atomic mass is 10.0. The maximum absolute atomic E-state index is 12.6. The first-order valence-corrected chi connectivity index (χ1v) is 4.47. The van der Waals surface area contributed by atoms with Crippen LogP contribution in [0.2, 0.25) is 0 Å². The smallest absolute Gasteiger partial charge is 0.237 e. The van der Waals surface area contributed by atoms with Gasteiger partial charge in [0.05, 0.1) is 6.61 Å². The van der Waals surface area contributed by atoms with Gasteiger partial charge in [-0.25, -0.2) is 5.11 Å². The van der Waals surface area contributed by atoms with Gasteiger partial charge in [-0.15, -0.1) is 0 Å². The van der Waals surface area contributed by atoms with Gasteiger partial charge in [-0.2, -0.15) is 30.7 Å².